The zero-order chi connectivity index (χ0) is 19.1. The molecule has 0 saturated carbocycles. The lowest BCUT2D eigenvalue weighted by molar-refractivity contribution is 0.169. The molecule has 3 aromatic heterocycles. The van der Waals surface area contributed by atoms with Crippen LogP contribution in [0.15, 0.2) is 53.6 Å². The maximum absolute atomic E-state index is 10.3. The van der Waals surface area contributed by atoms with E-state index >= 15 is 0 Å². The number of aryl methyl sites for hydroxylation is 1. The van der Waals surface area contributed by atoms with Gasteiger partial charge in [-0.05, 0) is 18.1 Å². The Morgan fingerprint density at radius 1 is 1.25 bits per heavy atom. The second kappa shape index (κ2) is 6.81. The summed E-state index contributed by atoms with van der Waals surface area (Å²) >= 11 is 0. The lowest BCUT2D eigenvalue weighted by Gasteiger charge is -2.20. The van der Waals surface area contributed by atoms with Crippen LogP contribution in [0.3, 0.4) is 0 Å². The minimum absolute atomic E-state index is 0.133. The first-order valence-electron chi connectivity index (χ1n) is 9.24. The zero-order valence-corrected chi connectivity index (χ0v) is 15.4. The molecule has 8 nitrogen and oxygen atoms in total. The maximum Gasteiger partial charge on any atom is 0.244 e. The van der Waals surface area contributed by atoms with Crippen molar-refractivity contribution < 1.29 is 9.63 Å². The monoisotopic (exact) mass is 376 g/mol. The number of rotatable bonds is 4. The number of aliphatic hydroxyl groups is 1. The topological polar surface area (TPSA) is 93.1 Å². The summed E-state index contributed by atoms with van der Waals surface area (Å²) in [6.07, 6.45) is 7.08. The molecule has 4 heterocycles. The number of β-amino-alcohol motifs (C(OH)–C–C–N with tert-alkyl or cyclic N) is 1. The Hall–Kier alpha value is -3.10. The molecule has 4 aromatic rings. The Balaban J connectivity index is 1.44. The quantitative estimate of drug-likeness (QED) is 0.584. The predicted molar refractivity (Wildman–Crippen MR) is 102 cm³/mol. The van der Waals surface area contributed by atoms with Gasteiger partial charge in [-0.2, -0.15) is 4.98 Å². The van der Waals surface area contributed by atoms with Crippen molar-refractivity contribution in [2.45, 2.75) is 25.1 Å². The molecule has 1 aliphatic heterocycles. The number of hydrogen-bond donors (Lipinski definition) is 1. The smallest absolute Gasteiger partial charge is 0.244 e. The van der Waals surface area contributed by atoms with Crippen molar-refractivity contribution in [2.24, 2.45) is 7.05 Å². The van der Waals surface area contributed by atoms with Crippen molar-refractivity contribution in [1.29, 1.82) is 0 Å². The molecule has 28 heavy (non-hydrogen) atoms. The molecule has 1 aliphatic rings. The largest absolute Gasteiger partial charge is 0.392 e. The van der Waals surface area contributed by atoms with E-state index in [9.17, 15) is 5.11 Å². The SMILES string of the molecule is Cn1cc(CN2CC(O)CC2c2nc(-c3cnccn3)no2)c2ccccc21. The third-order valence-electron chi connectivity index (χ3n) is 5.25. The highest BCUT2D eigenvalue weighted by molar-refractivity contribution is 5.83. The molecule has 1 fully saturated rings. The fraction of sp³-hybridized carbons (Fsp3) is 0.300. The molecule has 5 rings (SSSR count). The summed E-state index contributed by atoms with van der Waals surface area (Å²) in [7, 11) is 2.05. The summed E-state index contributed by atoms with van der Waals surface area (Å²) in [4.78, 5) is 15.0. The third kappa shape index (κ3) is 2.96. The summed E-state index contributed by atoms with van der Waals surface area (Å²) < 4.78 is 7.66. The normalized spacial score (nSPS) is 20.2. The van der Waals surface area contributed by atoms with Gasteiger partial charge in [-0.15, -0.1) is 0 Å². The predicted octanol–water partition coefficient (Wildman–Crippen LogP) is 2.33. The lowest BCUT2D eigenvalue weighted by Crippen LogP contribution is -2.24. The lowest BCUT2D eigenvalue weighted by atomic mass is 10.1. The molecule has 8 heteroatoms. The minimum Gasteiger partial charge on any atom is -0.392 e. The van der Waals surface area contributed by atoms with Crippen LogP contribution < -0.4 is 0 Å². The van der Waals surface area contributed by atoms with E-state index < -0.39 is 6.10 Å². The summed E-state index contributed by atoms with van der Waals surface area (Å²) in [5.74, 6) is 0.909. The van der Waals surface area contributed by atoms with Gasteiger partial charge in [0.2, 0.25) is 11.7 Å². The van der Waals surface area contributed by atoms with E-state index in [0.29, 0.717) is 36.9 Å². The second-order valence-corrected chi connectivity index (χ2v) is 7.16. The van der Waals surface area contributed by atoms with Crippen LogP contribution in [0.25, 0.3) is 22.4 Å². The molecular weight excluding hydrogens is 356 g/mol. The van der Waals surface area contributed by atoms with Crippen LogP contribution in [0.2, 0.25) is 0 Å². The van der Waals surface area contributed by atoms with Crippen LogP contribution in [0.5, 0.6) is 0 Å². The molecule has 0 spiro atoms. The Morgan fingerprint density at radius 2 is 2.14 bits per heavy atom. The van der Waals surface area contributed by atoms with E-state index in [1.807, 2.05) is 19.2 Å². The average Bonchev–Trinajstić information content (AvgIpc) is 3.41. The average molecular weight is 376 g/mol. The highest BCUT2D eigenvalue weighted by Gasteiger charge is 2.36. The van der Waals surface area contributed by atoms with Crippen molar-refractivity contribution in [3.63, 3.8) is 0 Å². The molecule has 0 amide bonds. The van der Waals surface area contributed by atoms with E-state index in [2.05, 4.69) is 47.9 Å². The van der Waals surface area contributed by atoms with E-state index in [4.69, 9.17) is 4.52 Å². The van der Waals surface area contributed by atoms with Crippen LogP contribution in [-0.2, 0) is 13.6 Å². The van der Waals surface area contributed by atoms with E-state index in [0.717, 1.165) is 0 Å². The number of aliphatic hydroxyl groups excluding tert-OH is 1. The van der Waals surface area contributed by atoms with Gasteiger partial charge in [-0.25, -0.2) is 4.98 Å². The Bertz CT molecular complexity index is 1110. The number of para-hydroxylation sites is 1. The number of hydrogen-bond acceptors (Lipinski definition) is 7. The van der Waals surface area contributed by atoms with Gasteiger partial charge in [0.25, 0.3) is 0 Å². The van der Waals surface area contributed by atoms with Crippen molar-refractivity contribution >= 4 is 10.9 Å². The number of benzene rings is 1. The van der Waals surface area contributed by atoms with Crippen molar-refractivity contribution in [2.75, 3.05) is 6.54 Å². The summed E-state index contributed by atoms with van der Waals surface area (Å²) in [5, 5.41) is 15.6. The fourth-order valence-corrected chi connectivity index (χ4v) is 3.97. The van der Waals surface area contributed by atoms with Gasteiger partial charge in [0, 0.05) is 49.6 Å². The maximum atomic E-state index is 10.3. The molecule has 0 bridgehead atoms. The molecule has 2 unspecified atom stereocenters. The Kier molecular flexibility index (Phi) is 4.14. The Morgan fingerprint density at radius 3 is 3.00 bits per heavy atom. The third-order valence-corrected chi connectivity index (χ3v) is 5.25. The number of aromatic nitrogens is 5. The summed E-state index contributed by atoms with van der Waals surface area (Å²) in [6, 6.07) is 8.20. The van der Waals surface area contributed by atoms with Crippen LogP contribution in [0.4, 0.5) is 0 Å². The highest BCUT2D eigenvalue weighted by atomic mass is 16.5. The summed E-state index contributed by atoms with van der Waals surface area (Å²) in [5.41, 5.74) is 2.97. The molecule has 2 atom stereocenters. The van der Waals surface area contributed by atoms with Gasteiger partial charge in [0.15, 0.2) is 0 Å². The molecular formula is C20H20N6O2. The molecule has 1 N–H and O–H groups in total. The molecule has 0 aliphatic carbocycles. The first kappa shape index (κ1) is 17.0. The van der Waals surface area contributed by atoms with Gasteiger partial charge in [0.1, 0.15) is 5.69 Å². The molecule has 142 valence electrons. The summed E-state index contributed by atoms with van der Waals surface area (Å²) in [6.45, 7) is 1.27. The van der Waals surface area contributed by atoms with Gasteiger partial charge >= 0.3 is 0 Å². The van der Waals surface area contributed by atoms with Crippen LogP contribution in [0.1, 0.15) is 23.9 Å². The number of nitrogens with zero attached hydrogens (tertiary/aromatic N) is 6. The van der Waals surface area contributed by atoms with E-state index in [1.165, 1.54) is 16.5 Å². The van der Waals surface area contributed by atoms with Crippen molar-refractivity contribution in [1.82, 2.24) is 29.6 Å². The van der Waals surface area contributed by atoms with Crippen LogP contribution in [0, 0.1) is 0 Å². The van der Waals surface area contributed by atoms with Gasteiger partial charge in [0.05, 0.1) is 18.3 Å². The van der Waals surface area contributed by atoms with Crippen LogP contribution >= 0.6 is 0 Å². The first-order chi connectivity index (χ1) is 13.7. The molecule has 0 radical (unpaired) electrons. The van der Waals surface area contributed by atoms with Crippen molar-refractivity contribution in [3.05, 3.63) is 60.5 Å². The molecule has 1 aromatic carbocycles. The Labute approximate surface area is 161 Å². The molecule has 1 saturated heterocycles. The standard InChI is InChI=1S/C20H20N6O2/c1-25-10-13(15-4-2-3-5-17(15)25)11-26-12-14(27)8-18(26)20-23-19(24-28-20)16-9-21-6-7-22-16/h2-7,9-10,14,18,27H,8,11-12H2,1H3. The number of likely N-dealkylation sites (tertiary alicyclic amines) is 1. The number of fused-ring (bicyclic) bond motifs is 1. The van der Waals surface area contributed by atoms with E-state index in [1.54, 1.807) is 18.6 Å². The zero-order valence-electron chi connectivity index (χ0n) is 15.4. The van der Waals surface area contributed by atoms with E-state index in [-0.39, 0.29) is 6.04 Å². The second-order valence-electron chi connectivity index (χ2n) is 7.16. The highest BCUT2D eigenvalue weighted by Crippen LogP contribution is 2.34. The van der Waals surface area contributed by atoms with Crippen molar-refractivity contribution in [3.8, 4) is 11.5 Å². The van der Waals surface area contributed by atoms with Gasteiger partial charge in [-0.3, -0.25) is 9.88 Å². The minimum atomic E-state index is -0.424. The van der Waals surface area contributed by atoms with Crippen LogP contribution in [-0.4, -0.2) is 47.3 Å². The van der Waals surface area contributed by atoms with Gasteiger partial charge < -0.3 is 14.2 Å². The van der Waals surface area contributed by atoms with Gasteiger partial charge in [-0.1, -0.05) is 23.4 Å². The first-order valence-corrected chi connectivity index (χ1v) is 9.24. The fourth-order valence-electron chi connectivity index (χ4n) is 3.97.